The van der Waals surface area contributed by atoms with Crippen molar-refractivity contribution >= 4 is 23.1 Å². The minimum absolute atomic E-state index is 0.357. The molecule has 3 rings (SSSR count). The standard InChI is InChI=1S/C17H14N2O2/c1-19(13-10-6-3-7-11-13)15-14(16(20)18-17(15)21)12-8-4-2-5-9-12/h2-11H,1H3,(H,18,20,21). The molecule has 4 nitrogen and oxygen atoms in total. The summed E-state index contributed by atoms with van der Waals surface area (Å²) in [7, 11) is 1.78. The Kier molecular flexibility index (Phi) is 3.28. The number of amides is 2. The van der Waals surface area contributed by atoms with Crippen LogP contribution in [0, 0.1) is 0 Å². The van der Waals surface area contributed by atoms with E-state index in [4.69, 9.17) is 0 Å². The quantitative estimate of drug-likeness (QED) is 0.876. The number of nitrogens with one attached hydrogen (secondary N) is 1. The largest absolute Gasteiger partial charge is 0.339 e. The summed E-state index contributed by atoms with van der Waals surface area (Å²) >= 11 is 0. The number of hydrogen-bond donors (Lipinski definition) is 1. The molecular formula is C17H14N2O2. The van der Waals surface area contributed by atoms with E-state index in [0.29, 0.717) is 11.3 Å². The molecule has 2 aromatic rings. The van der Waals surface area contributed by atoms with Crippen LogP contribution in [0.3, 0.4) is 0 Å². The second-order valence-electron chi connectivity index (χ2n) is 4.77. The Morgan fingerprint density at radius 1 is 0.810 bits per heavy atom. The fourth-order valence-electron chi connectivity index (χ4n) is 2.42. The highest BCUT2D eigenvalue weighted by atomic mass is 16.2. The molecule has 1 N–H and O–H groups in total. The monoisotopic (exact) mass is 278 g/mol. The van der Waals surface area contributed by atoms with E-state index in [0.717, 1.165) is 11.3 Å². The molecule has 0 bridgehead atoms. The van der Waals surface area contributed by atoms with Crippen LogP contribution in [0.1, 0.15) is 5.56 Å². The van der Waals surface area contributed by atoms with Crippen LogP contribution in [0.25, 0.3) is 5.57 Å². The van der Waals surface area contributed by atoms with Gasteiger partial charge in [-0.1, -0.05) is 48.5 Å². The van der Waals surface area contributed by atoms with Gasteiger partial charge in [-0.15, -0.1) is 0 Å². The van der Waals surface area contributed by atoms with E-state index < -0.39 is 0 Å². The minimum Gasteiger partial charge on any atom is -0.339 e. The van der Waals surface area contributed by atoms with E-state index >= 15 is 0 Å². The Balaban J connectivity index is 2.14. The number of anilines is 1. The zero-order chi connectivity index (χ0) is 14.8. The summed E-state index contributed by atoms with van der Waals surface area (Å²) in [6, 6.07) is 18.7. The lowest BCUT2D eigenvalue weighted by Gasteiger charge is -2.20. The average Bonchev–Trinajstić information content (AvgIpc) is 2.82. The van der Waals surface area contributed by atoms with Crippen molar-refractivity contribution in [3.05, 3.63) is 71.9 Å². The van der Waals surface area contributed by atoms with Crippen LogP contribution in [0.5, 0.6) is 0 Å². The topological polar surface area (TPSA) is 49.4 Å². The number of carbonyl (C=O) groups is 2. The van der Waals surface area contributed by atoms with Crippen LogP contribution in [0.4, 0.5) is 5.69 Å². The van der Waals surface area contributed by atoms with Crippen LogP contribution in [-0.2, 0) is 9.59 Å². The first-order valence-corrected chi connectivity index (χ1v) is 6.62. The highest BCUT2D eigenvalue weighted by molar-refractivity contribution is 6.36. The highest BCUT2D eigenvalue weighted by Gasteiger charge is 2.33. The normalized spacial score (nSPS) is 14.3. The summed E-state index contributed by atoms with van der Waals surface area (Å²) < 4.78 is 0. The van der Waals surface area contributed by atoms with Crippen LogP contribution in [0.2, 0.25) is 0 Å². The van der Waals surface area contributed by atoms with Crippen molar-refractivity contribution in [3.63, 3.8) is 0 Å². The first-order valence-electron chi connectivity index (χ1n) is 6.62. The molecule has 0 atom stereocenters. The number of para-hydroxylation sites is 1. The van der Waals surface area contributed by atoms with Crippen LogP contribution < -0.4 is 10.2 Å². The number of nitrogens with zero attached hydrogens (tertiary/aromatic N) is 1. The van der Waals surface area contributed by atoms with Gasteiger partial charge in [-0.25, -0.2) is 0 Å². The van der Waals surface area contributed by atoms with Crippen molar-refractivity contribution in [1.82, 2.24) is 5.32 Å². The zero-order valence-corrected chi connectivity index (χ0v) is 11.5. The summed E-state index contributed by atoms with van der Waals surface area (Å²) in [4.78, 5) is 26.0. The molecule has 1 heterocycles. The average molecular weight is 278 g/mol. The number of imide groups is 1. The van der Waals surface area contributed by atoms with Crippen LogP contribution in [0.15, 0.2) is 66.4 Å². The number of carbonyl (C=O) groups excluding carboxylic acids is 2. The molecule has 0 fully saturated rings. The van der Waals surface area contributed by atoms with E-state index in [9.17, 15) is 9.59 Å². The van der Waals surface area contributed by atoms with Gasteiger partial charge in [-0.2, -0.15) is 0 Å². The third-order valence-electron chi connectivity index (χ3n) is 3.45. The molecule has 0 saturated heterocycles. The summed E-state index contributed by atoms with van der Waals surface area (Å²) in [6.45, 7) is 0. The van der Waals surface area contributed by atoms with E-state index in [1.165, 1.54) is 0 Å². The number of benzene rings is 2. The molecule has 2 aromatic carbocycles. The van der Waals surface area contributed by atoms with Crippen molar-refractivity contribution in [1.29, 1.82) is 0 Å². The van der Waals surface area contributed by atoms with Gasteiger partial charge >= 0.3 is 0 Å². The van der Waals surface area contributed by atoms with E-state index in [1.54, 1.807) is 11.9 Å². The highest BCUT2D eigenvalue weighted by Crippen LogP contribution is 2.28. The predicted molar refractivity (Wildman–Crippen MR) is 81.4 cm³/mol. The molecule has 104 valence electrons. The maximum atomic E-state index is 12.2. The van der Waals surface area contributed by atoms with Crippen molar-refractivity contribution < 1.29 is 9.59 Å². The van der Waals surface area contributed by atoms with Gasteiger partial charge in [0.05, 0.1) is 5.57 Å². The molecule has 1 aliphatic rings. The molecule has 0 spiro atoms. The van der Waals surface area contributed by atoms with Gasteiger partial charge in [-0.3, -0.25) is 14.9 Å². The Morgan fingerprint density at radius 2 is 1.38 bits per heavy atom. The summed E-state index contributed by atoms with van der Waals surface area (Å²) in [5.74, 6) is -0.728. The van der Waals surface area contributed by atoms with Crippen molar-refractivity contribution in [2.24, 2.45) is 0 Å². The van der Waals surface area contributed by atoms with Gasteiger partial charge in [0, 0.05) is 12.7 Å². The first kappa shape index (κ1) is 13.1. The second-order valence-corrected chi connectivity index (χ2v) is 4.77. The maximum Gasteiger partial charge on any atom is 0.275 e. The molecule has 2 amide bonds. The van der Waals surface area contributed by atoms with Crippen molar-refractivity contribution in [3.8, 4) is 0 Å². The van der Waals surface area contributed by atoms with Crippen molar-refractivity contribution in [2.45, 2.75) is 0 Å². The van der Waals surface area contributed by atoms with Crippen molar-refractivity contribution in [2.75, 3.05) is 11.9 Å². The third-order valence-corrected chi connectivity index (χ3v) is 3.45. The molecule has 1 aliphatic heterocycles. The van der Waals surface area contributed by atoms with Gasteiger partial charge in [0.15, 0.2) is 0 Å². The third kappa shape index (κ3) is 2.31. The zero-order valence-electron chi connectivity index (χ0n) is 11.5. The Labute approximate surface area is 122 Å². The summed E-state index contributed by atoms with van der Waals surface area (Å²) in [6.07, 6.45) is 0. The molecule has 21 heavy (non-hydrogen) atoms. The van der Waals surface area contributed by atoms with Crippen LogP contribution in [-0.4, -0.2) is 18.9 Å². The Bertz CT molecular complexity index is 721. The number of rotatable bonds is 3. The molecular weight excluding hydrogens is 264 g/mol. The Morgan fingerprint density at radius 3 is 2.00 bits per heavy atom. The first-order chi connectivity index (χ1) is 10.2. The molecule has 0 aliphatic carbocycles. The lowest BCUT2D eigenvalue weighted by atomic mass is 10.0. The van der Waals surface area contributed by atoms with Gasteiger partial charge in [0.2, 0.25) is 0 Å². The maximum absolute atomic E-state index is 12.2. The van der Waals surface area contributed by atoms with Gasteiger partial charge < -0.3 is 4.90 Å². The smallest absolute Gasteiger partial charge is 0.275 e. The minimum atomic E-state index is -0.370. The summed E-state index contributed by atoms with van der Waals surface area (Å²) in [5.41, 5.74) is 2.37. The van der Waals surface area contributed by atoms with Gasteiger partial charge in [0.1, 0.15) is 5.70 Å². The molecule has 0 radical (unpaired) electrons. The second kappa shape index (κ2) is 5.25. The molecule has 0 unspecified atom stereocenters. The van der Waals surface area contributed by atoms with E-state index in [-0.39, 0.29) is 11.8 Å². The van der Waals surface area contributed by atoms with Gasteiger partial charge in [-0.05, 0) is 17.7 Å². The SMILES string of the molecule is CN(C1=C(c2ccccc2)C(=O)NC1=O)c1ccccc1. The lowest BCUT2D eigenvalue weighted by molar-refractivity contribution is -0.123. The van der Waals surface area contributed by atoms with Crippen LogP contribution >= 0.6 is 0 Å². The fraction of sp³-hybridized carbons (Fsp3) is 0.0588. The van der Waals surface area contributed by atoms with Gasteiger partial charge in [0.25, 0.3) is 11.8 Å². The summed E-state index contributed by atoms with van der Waals surface area (Å²) in [5, 5.41) is 2.37. The predicted octanol–water partition coefficient (Wildman–Crippen LogP) is 2.19. The lowest BCUT2D eigenvalue weighted by Crippen LogP contribution is -2.28. The molecule has 4 heteroatoms. The van der Waals surface area contributed by atoms with E-state index in [1.807, 2.05) is 60.7 Å². The number of hydrogen-bond acceptors (Lipinski definition) is 3. The Hall–Kier alpha value is -2.88. The fourth-order valence-corrected chi connectivity index (χ4v) is 2.42. The number of likely N-dealkylation sites (N-methyl/N-ethyl adjacent to an activating group) is 1. The van der Waals surface area contributed by atoms with E-state index in [2.05, 4.69) is 5.32 Å². The molecule has 0 aromatic heterocycles. The molecule has 0 saturated carbocycles.